The molecule has 3 heterocycles. The molecule has 2 aliphatic rings. The number of aliphatic hydroxyl groups is 4. The van der Waals surface area contributed by atoms with Crippen LogP contribution in [-0.4, -0.2) is 113 Å². The molecule has 0 saturated carbocycles. The van der Waals surface area contributed by atoms with Gasteiger partial charge in [-0.1, -0.05) is 0 Å². The van der Waals surface area contributed by atoms with Gasteiger partial charge in [0.05, 0.1) is 25.9 Å². The van der Waals surface area contributed by atoms with Crippen molar-refractivity contribution in [3.8, 4) is 28.6 Å². The zero-order valence-electron chi connectivity index (χ0n) is 27.2. The number of hydrogen-bond acceptors (Lipinski definition) is 16. The van der Waals surface area contributed by atoms with Crippen LogP contribution in [0.1, 0.15) is 32.4 Å². The summed E-state index contributed by atoms with van der Waals surface area (Å²) < 4.78 is 45.9. The maximum Gasteiger partial charge on any atom is 0.303 e. The SMILES string of the molecule is COc1cc2oc(-c3ccc(O)cc3)cc(=O)c2c(OC)c1C1OC(COC(C)=O)C(O)C(O)C1OC1OC(C)C(O)C(O)C1OC(C)=O. The topological polar surface area (TPSA) is 230 Å². The zero-order valence-corrected chi connectivity index (χ0v) is 27.2. The van der Waals surface area contributed by atoms with Crippen molar-refractivity contribution in [3.05, 3.63) is 52.2 Å². The number of esters is 2. The van der Waals surface area contributed by atoms with E-state index in [4.69, 9.17) is 37.6 Å². The lowest BCUT2D eigenvalue weighted by atomic mass is 9.89. The summed E-state index contributed by atoms with van der Waals surface area (Å²) in [5, 5.41) is 53.4. The monoisotopic (exact) mass is 690 g/mol. The minimum absolute atomic E-state index is 0.0134. The normalized spacial score (nSPS) is 30.1. The summed E-state index contributed by atoms with van der Waals surface area (Å²) in [7, 11) is 2.58. The van der Waals surface area contributed by atoms with Crippen molar-refractivity contribution in [1.82, 2.24) is 0 Å². The van der Waals surface area contributed by atoms with E-state index in [1.165, 1.54) is 45.4 Å². The zero-order chi connectivity index (χ0) is 35.7. The Morgan fingerprint density at radius 1 is 0.857 bits per heavy atom. The Labute approximate surface area is 279 Å². The van der Waals surface area contributed by atoms with Crippen LogP contribution in [0.5, 0.6) is 17.2 Å². The molecule has 16 heteroatoms. The van der Waals surface area contributed by atoms with Crippen molar-refractivity contribution in [1.29, 1.82) is 0 Å². The quantitative estimate of drug-likeness (QED) is 0.195. The number of carbonyl (C=O) groups is 2. The fourth-order valence-electron chi connectivity index (χ4n) is 5.94. The summed E-state index contributed by atoms with van der Waals surface area (Å²) in [6, 6.07) is 8.58. The second-order valence-corrected chi connectivity index (χ2v) is 11.7. The van der Waals surface area contributed by atoms with E-state index >= 15 is 0 Å². The van der Waals surface area contributed by atoms with E-state index in [-0.39, 0.29) is 39.5 Å². The number of aliphatic hydroxyl groups excluding tert-OH is 4. The van der Waals surface area contributed by atoms with Gasteiger partial charge < -0.3 is 63.1 Å². The third kappa shape index (κ3) is 7.21. The maximum absolute atomic E-state index is 13.7. The highest BCUT2D eigenvalue weighted by atomic mass is 16.7. The first kappa shape index (κ1) is 36.0. The number of carbonyl (C=O) groups excluding carboxylic acids is 2. The van der Waals surface area contributed by atoms with Crippen molar-refractivity contribution in [2.45, 2.75) is 82.0 Å². The van der Waals surface area contributed by atoms with Crippen LogP contribution in [-0.2, 0) is 33.3 Å². The fourth-order valence-corrected chi connectivity index (χ4v) is 5.94. The van der Waals surface area contributed by atoms with E-state index in [1.54, 1.807) is 12.1 Å². The first-order valence-electron chi connectivity index (χ1n) is 15.3. The van der Waals surface area contributed by atoms with Crippen molar-refractivity contribution in [2.24, 2.45) is 0 Å². The predicted octanol–water partition coefficient (Wildman–Crippen LogP) is 0.691. The minimum atomic E-state index is -1.82. The van der Waals surface area contributed by atoms with Crippen molar-refractivity contribution in [3.63, 3.8) is 0 Å². The Morgan fingerprint density at radius 3 is 2.14 bits per heavy atom. The number of rotatable bonds is 9. The average molecular weight is 691 g/mol. The summed E-state index contributed by atoms with van der Waals surface area (Å²) in [6.07, 6.45) is -15.4. The van der Waals surface area contributed by atoms with Gasteiger partial charge in [-0.3, -0.25) is 14.4 Å². The van der Waals surface area contributed by atoms with Crippen LogP contribution in [0.25, 0.3) is 22.3 Å². The van der Waals surface area contributed by atoms with Gasteiger partial charge in [0.2, 0.25) is 0 Å². The first-order valence-corrected chi connectivity index (χ1v) is 15.3. The lowest BCUT2D eigenvalue weighted by Crippen LogP contribution is -2.62. The largest absolute Gasteiger partial charge is 0.508 e. The molecule has 266 valence electrons. The van der Waals surface area contributed by atoms with E-state index in [0.717, 1.165) is 13.8 Å². The molecule has 2 fully saturated rings. The molecule has 0 amide bonds. The Hall–Kier alpha value is -4.29. The molecular formula is C33H38O16. The minimum Gasteiger partial charge on any atom is -0.508 e. The number of phenols is 1. The van der Waals surface area contributed by atoms with Gasteiger partial charge in [-0.25, -0.2) is 0 Å². The highest BCUT2D eigenvalue weighted by molar-refractivity contribution is 5.88. The van der Waals surface area contributed by atoms with E-state index < -0.39 is 85.2 Å². The van der Waals surface area contributed by atoms with Crippen LogP contribution in [0.4, 0.5) is 0 Å². The van der Waals surface area contributed by atoms with Crippen LogP contribution < -0.4 is 14.9 Å². The molecule has 5 rings (SSSR count). The average Bonchev–Trinajstić information content (AvgIpc) is 3.06. The van der Waals surface area contributed by atoms with Gasteiger partial charge in [0.25, 0.3) is 0 Å². The van der Waals surface area contributed by atoms with E-state index in [2.05, 4.69) is 0 Å². The summed E-state index contributed by atoms with van der Waals surface area (Å²) in [6.45, 7) is 3.16. The van der Waals surface area contributed by atoms with E-state index in [0.29, 0.717) is 5.56 Å². The number of phenolic OH excluding ortho intramolecular Hbond substituents is 1. The molecule has 5 N–H and O–H groups in total. The van der Waals surface area contributed by atoms with Crippen LogP contribution in [0.2, 0.25) is 0 Å². The lowest BCUT2D eigenvalue weighted by molar-refractivity contribution is -0.339. The molecule has 2 saturated heterocycles. The van der Waals surface area contributed by atoms with Crippen molar-refractivity contribution in [2.75, 3.05) is 20.8 Å². The van der Waals surface area contributed by atoms with Gasteiger partial charge in [0, 0.05) is 31.5 Å². The summed E-state index contributed by atoms with van der Waals surface area (Å²) >= 11 is 0. The second kappa shape index (κ2) is 14.7. The molecule has 10 atom stereocenters. The molecular weight excluding hydrogens is 652 g/mol. The van der Waals surface area contributed by atoms with Gasteiger partial charge in [-0.2, -0.15) is 0 Å². The molecule has 16 nitrogen and oxygen atoms in total. The third-order valence-electron chi connectivity index (χ3n) is 8.35. The predicted molar refractivity (Wildman–Crippen MR) is 166 cm³/mol. The summed E-state index contributed by atoms with van der Waals surface area (Å²) in [4.78, 5) is 37.3. The van der Waals surface area contributed by atoms with Crippen LogP contribution in [0.3, 0.4) is 0 Å². The Kier molecular flexibility index (Phi) is 10.8. The number of ether oxygens (including phenoxy) is 7. The molecule has 2 aliphatic heterocycles. The molecule has 3 aromatic rings. The van der Waals surface area contributed by atoms with Gasteiger partial charge in [-0.15, -0.1) is 0 Å². The number of benzene rings is 2. The Balaban J connectivity index is 1.66. The second-order valence-electron chi connectivity index (χ2n) is 11.7. The van der Waals surface area contributed by atoms with Crippen molar-refractivity contribution < 1.29 is 72.7 Å². The Bertz CT molecular complexity index is 1720. The molecule has 0 radical (unpaired) electrons. The standard InChI is InChI=1S/C33H38O16/c1-13-25(38)27(40)32(46-15(3)35)33(45-13)49-31-28(41)26(39)22(12-44-14(2)34)48-30(31)24-20(42-4)11-21-23(29(24)43-5)18(37)10-19(47-21)16-6-8-17(36)9-7-16/h6-11,13,22,25-28,30-33,36,38-41H,12H2,1-5H3. The van der Waals surface area contributed by atoms with Crippen LogP contribution in [0.15, 0.2) is 45.6 Å². The number of methoxy groups -OCH3 is 2. The molecule has 0 aliphatic carbocycles. The number of aromatic hydroxyl groups is 1. The molecule has 1 aromatic heterocycles. The molecule has 49 heavy (non-hydrogen) atoms. The van der Waals surface area contributed by atoms with Gasteiger partial charge in [-0.05, 0) is 31.2 Å². The maximum atomic E-state index is 13.7. The summed E-state index contributed by atoms with van der Waals surface area (Å²) in [5.74, 6) is -1.43. The number of hydrogen-bond donors (Lipinski definition) is 5. The van der Waals surface area contributed by atoms with E-state index in [9.17, 15) is 39.9 Å². The van der Waals surface area contributed by atoms with Gasteiger partial charge >= 0.3 is 11.9 Å². The van der Waals surface area contributed by atoms with Crippen LogP contribution in [0, 0.1) is 0 Å². The first-order chi connectivity index (χ1) is 23.2. The lowest BCUT2D eigenvalue weighted by Gasteiger charge is -2.47. The molecule has 10 unspecified atom stereocenters. The highest BCUT2D eigenvalue weighted by Gasteiger charge is 2.53. The summed E-state index contributed by atoms with van der Waals surface area (Å²) in [5.41, 5.74) is -0.00853. The van der Waals surface area contributed by atoms with Crippen LogP contribution >= 0.6 is 0 Å². The smallest absolute Gasteiger partial charge is 0.303 e. The Morgan fingerprint density at radius 2 is 1.53 bits per heavy atom. The number of fused-ring (bicyclic) bond motifs is 1. The molecule has 0 bridgehead atoms. The fraction of sp³-hybridized carbons (Fsp3) is 0.485. The van der Waals surface area contributed by atoms with E-state index in [1.807, 2.05) is 0 Å². The van der Waals surface area contributed by atoms with Gasteiger partial charge in [0.15, 0.2) is 17.8 Å². The molecule has 0 spiro atoms. The third-order valence-corrected chi connectivity index (χ3v) is 8.35. The highest BCUT2D eigenvalue weighted by Crippen LogP contribution is 2.47. The molecule has 2 aromatic carbocycles. The van der Waals surface area contributed by atoms with Gasteiger partial charge in [0.1, 0.15) is 83.3 Å². The van der Waals surface area contributed by atoms with Crippen molar-refractivity contribution >= 4 is 22.9 Å².